The zero-order valence-corrected chi connectivity index (χ0v) is 11.9. The van der Waals surface area contributed by atoms with Crippen molar-refractivity contribution in [2.75, 3.05) is 11.9 Å². The predicted molar refractivity (Wildman–Crippen MR) is 75.5 cm³/mol. The number of aryl methyl sites for hydroxylation is 1. The summed E-state index contributed by atoms with van der Waals surface area (Å²) < 4.78 is 0. The summed E-state index contributed by atoms with van der Waals surface area (Å²) in [5, 5.41) is 12.1. The first-order valence-corrected chi connectivity index (χ1v) is 6.89. The second-order valence-electron chi connectivity index (χ2n) is 4.80. The lowest BCUT2D eigenvalue weighted by molar-refractivity contribution is 0.0695. The van der Waals surface area contributed by atoms with Crippen molar-refractivity contribution < 1.29 is 9.90 Å². The molecule has 0 fully saturated rings. The van der Waals surface area contributed by atoms with Crippen LogP contribution in [0, 0.1) is 12.8 Å². The molecule has 5 nitrogen and oxygen atoms in total. The van der Waals surface area contributed by atoms with Crippen LogP contribution in [0.2, 0.25) is 0 Å². The molecule has 0 aliphatic heterocycles. The minimum atomic E-state index is -0.988. The maximum Gasteiger partial charge on any atom is 0.339 e. The Labute approximate surface area is 114 Å². The van der Waals surface area contributed by atoms with Crippen LogP contribution in [0.15, 0.2) is 6.20 Å². The van der Waals surface area contributed by atoms with Crippen molar-refractivity contribution in [1.29, 1.82) is 0 Å². The zero-order valence-electron chi connectivity index (χ0n) is 11.9. The number of unbranched alkanes of at least 4 members (excludes halogenated alkanes) is 1. The van der Waals surface area contributed by atoms with Crippen molar-refractivity contribution in [1.82, 2.24) is 9.97 Å². The van der Waals surface area contributed by atoms with Crippen LogP contribution in [-0.4, -0.2) is 27.6 Å². The normalized spacial score (nSPS) is 12.2. The van der Waals surface area contributed by atoms with E-state index in [1.54, 1.807) is 6.92 Å². The number of carboxylic acids is 1. The van der Waals surface area contributed by atoms with E-state index in [0.29, 0.717) is 17.6 Å². The molecule has 5 heteroatoms. The molecule has 1 aromatic rings. The van der Waals surface area contributed by atoms with Gasteiger partial charge in [-0.3, -0.25) is 0 Å². The highest BCUT2D eigenvalue weighted by Crippen LogP contribution is 2.13. The van der Waals surface area contributed by atoms with Gasteiger partial charge in [0, 0.05) is 12.7 Å². The Morgan fingerprint density at radius 2 is 2.21 bits per heavy atom. The Bertz CT molecular complexity index is 421. The first-order chi connectivity index (χ1) is 9.08. The molecule has 19 heavy (non-hydrogen) atoms. The lowest BCUT2D eigenvalue weighted by Gasteiger charge is -2.15. The van der Waals surface area contributed by atoms with Crippen molar-refractivity contribution in [3.05, 3.63) is 17.5 Å². The van der Waals surface area contributed by atoms with E-state index in [2.05, 4.69) is 29.1 Å². The monoisotopic (exact) mass is 265 g/mol. The minimum Gasteiger partial charge on any atom is -0.478 e. The fourth-order valence-electron chi connectivity index (χ4n) is 1.94. The molecule has 106 valence electrons. The maximum absolute atomic E-state index is 10.9. The van der Waals surface area contributed by atoms with Crippen LogP contribution in [0.5, 0.6) is 0 Å². The largest absolute Gasteiger partial charge is 0.478 e. The number of carboxylic acid groups (broad SMARTS) is 1. The number of aromatic carboxylic acids is 1. The van der Waals surface area contributed by atoms with Crippen molar-refractivity contribution in [2.45, 2.75) is 46.5 Å². The van der Waals surface area contributed by atoms with E-state index in [0.717, 1.165) is 13.0 Å². The van der Waals surface area contributed by atoms with Gasteiger partial charge in [-0.25, -0.2) is 14.8 Å². The quantitative estimate of drug-likeness (QED) is 0.755. The fourth-order valence-corrected chi connectivity index (χ4v) is 1.94. The number of aromatic nitrogens is 2. The second kappa shape index (κ2) is 7.71. The highest BCUT2D eigenvalue weighted by Gasteiger charge is 2.11. The summed E-state index contributed by atoms with van der Waals surface area (Å²) in [5.41, 5.74) is 0.648. The van der Waals surface area contributed by atoms with Crippen LogP contribution in [-0.2, 0) is 0 Å². The summed E-state index contributed by atoms with van der Waals surface area (Å²) in [7, 11) is 0. The summed E-state index contributed by atoms with van der Waals surface area (Å²) in [4.78, 5) is 19.1. The van der Waals surface area contributed by atoms with Gasteiger partial charge >= 0.3 is 5.97 Å². The number of nitrogens with one attached hydrogen (secondary N) is 1. The molecule has 1 heterocycles. The van der Waals surface area contributed by atoms with Crippen molar-refractivity contribution in [2.24, 2.45) is 5.92 Å². The van der Waals surface area contributed by atoms with Crippen LogP contribution in [0.4, 0.5) is 5.95 Å². The lowest BCUT2D eigenvalue weighted by atomic mass is 9.99. The van der Waals surface area contributed by atoms with E-state index >= 15 is 0 Å². The molecule has 2 N–H and O–H groups in total. The van der Waals surface area contributed by atoms with E-state index in [1.165, 1.54) is 25.5 Å². The van der Waals surface area contributed by atoms with Gasteiger partial charge in [-0.1, -0.05) is 33.1 Å². The van der Waals surface area contributed by atoms with E-state index in [9.17, 15) is 4.79 Å². The molecule has 1 unspecified atom stereocenters. The summed E-state index contributed by atoms with van der Waals surface area (Å²) in [5.74, 6) is 0.138. The molecule has 1 aromatic heterocycles. The molecule has 0 aromatic carbocycles. The smallest absolute Gasteiger partial charge is 0.339 e. The number of anilines is 1. The Balaban J connectivity index is 2.57. The highest BCUT2D eigenvalue weighted by molar-refractivity contribution is 5.88. The highest BCUT2D eigenvalue weighted by atomic mass is 16.4. The average molecular weight is 265 g/mol. The Hall–Kier alpha value is -1.65. The third-order valence-electron chi connectivity index (χ3n) is 3.30. The molecule has 0 amide bonds. The molecule has 0 radical (unpaired) electrons. The molecule has 0 saturated carbocycles. The summed E-state index contributed by atoms with van der Waals surface area (Å²) in [6.45, 7) is 6.89. The van der Waals surface area contributed by atoms with Gasteiger partial charge in [0.15, 0.2) is 0 Å². The van der Waals surface area contributed by atoms with Gasteiger partial charge in [0.05, 0.1) is 11.3 Å². The third kappa shape index (κ3) is 4.85. The van der Waals surface area contributed by atoms with Gasteiger partial charge < -0.3 is 10.4 Å². The molecule has 0 saturated heterocycles. The molecule has 0 aliphatic carbocycles. The Kier molecular flexibility index (Phi) is 6.25. The van der Waals surface area contributed by atoms with Gasteiger partial charge in [-0.2, -0.15) is 0 Å². The number of rotatable bonds is 8. The number of hydrogen-bond donors (Lipinski definition) is 2. The number of hydrogen-bond acceptors (Lipinski definition) is 4. The van der Waals surface area contributed by atoms with Crippen molar-refractivity contribution in [3.63, 3.8) is 0 Å². The summed E-state index contributed by atoms with van der Waals surface area (Å²) in [6.07, 6.45) is 6.13. The number of nitrogens with zero attached hydrogens (tertiary/aromatic N) is 2. The lowest BCUT2D eigenvalue weighted by Crippen LogP contribution is -2.16. The molecule has 1 atom stereocenters. The standard InChI is InChI=1S/C14H23N3O2/c1-4-6-7-11(5-2)8-15-14-16-9-12(13(18)19)10(3)17-14/h9,11H,4-8H2,1-3H3,(H,18,19)(H,15,16,17). The molecule has 0 spiro atoms. The first-order valence-electron chi connectivity index (χ1n) is 6.89. The van der Waals surface area contributed by atoms with Crippen LogP contribution >= 0.6 is 0 Å². The van der Waals surface area contributed by atoms with E-state index < -0.39 is 5.97 Å². The van der Waals surface area contributed by atoms with Gasteiger partial charge in [-0.15, -0.1) is 0 Å². The van der Waals surface area contributed by atoms with Gasteiger partial charge in [-0.05, 0) is 19.3 Å². The zero-order chi connectivity index (χ0) is 14.3. The Morgan fingerprint density at radius 3 is 2.74 bits per heavy atom. The van der Waals surface area contributed by atoms with Crippen LogP contribution in [0.25, 0.3) is 0 Å². The van der Waals surface area contributed by atoms with E-state index in [4.69, 9.17) is 5.11 Å². The van der Waals surface area contributed by atoms with Crippen molar-refractivity contribution >= 4 is 11.9 Å². The molecular formula is C14H23N3O2. The van der Waals surface area contributed by atoms with Gasteiger partial charge in [0.1, 0.15) is 0 Å². The fraction of sp³-hybridized carbons (Fsp3) is 0.643. The molecule has 0 aliphatic rings. The Morgan fingerprint density at radius 1 is 1.47 bits per heavy atom. The summed E-state index contributed by atoms with van der Waals surface area (Å²) in [6, 6.07) is 0. The number of carbonyl (C=O) groups is 1. The molecule has 0 bridgehead atoms. The molecular weight excluding hydrogens is 242 g/mol. The SMILES string of the molecule is CCCCC(CC)CNc1ncc(C(=O)O)c(C)n1. The first kappa shape index (κ1) is 15.4. The van der Waals surface area contributed by atoms with Crippen LogP contribution in [0.1, 0.15) is 55.6 Å². The van der Waals surface area contributed by atoms with E-state index in [1.807, 2.05) is 0 Å². The third-order valence-corrected chi connectivity index (χ3v) is 3.30. The van der Waals surface area contributed by atoms with Gasteiger partial charge in [0.2, 0.25) is 5.95 Å². The van der Waals surface area contributed by atoms with Crippen LogP contribution < -0.4 is 5.32 Å². The van der Waals surface area contributed by atoms with E-state index in [-0.39, 0.29) is 5.56 Å². The predicted octanol–water partition coefficient (Wildman–Crippen LogP) is 3.11. The second-order valence-corrected chi connectivity index (χ2v) is 4.80. The average Bonchev–Trinajstić information content (AvgIpc) is 2.38. The summed E-state index contributed by atoms with van der Waals surface area (Å²) >= 11 is 0. The van der Waals surface area contributed by atoms with Crippen molar-refractivity contribution in [3.8, 4) is 0 Å². The topological polar surface area (TPSA) is 75.1 Å². The van der Waals surface area contributed by atoms with Crippen LogP contribution in [0.3, 0.4) is 0 Å². The minimum absolute atomic E-state index is 0.156. The van der Waals surface area contributed by atoms with Gasteiger partial charge in [0.25, 0.3) is 0 Å². The maximum atomic E-state index is 10.9. The molecule has 1 rings (SSSR count).